The summed E-state index contributed by atoms with van der Waals surface area (Å²) < 4.78 is 26.2. The smallest absolute Gasteiger partial charge is 0.246 e. The lowest BCUT2D eigenvalue weighted by molar-refractivity contribution is 0.284. The molecule has 0 saturated carbocycles. The van der Waals surface area contributed by atoms with Crippen molar-refractivity contribution in [2.24, 2.45) is 0 Å². The van der Waals surface area contributed by atoms with Crippen LogP contribution in [0.1, 0.15) is 12.6 Å². The summed E-state index contributed by atoms with van der Waals surface area (Å²) in [4.78, 5) is 0.279. The summed E-state index contributed by atoms with van der Waals surface area (Å²) in [6.45, 7) is 5.51. The second-order valence-corrected chi connectivity index (χ2v) is 5.89. The molecule has 0 aromatic carbocycles. The molecule has 1 aliphatic heterocycles. The quantitative estimate of drug-likeness (QED) is 0.807. The molecule has 1 fully saturated rings. The van der Waals surface area contributed by atoms with Crippen LogP contribution >= 0.6 is 12.4 Å². The fraction of sp³-hybridized carbons (Fsp3) is 0.667. The van der Waals surface area contributed by atoms with Gasteiger partial charge in [0, 0.05) is 25.7 Å². The topological polar surface area (TPSA) is 78.1 Å². The van der Waals surface area contributed by atoms with Gasteiger partial charge in [0.2, 0.25) is 10.0 Å². The predicted octanol–water partition coefficient (Wildman–Crippen LogP) is 0.122. The van der Waals surface area contributed by atoms with E-state index in [1.54, 1.807) is 6.92 Å². The molecule has 1 atom stereocenters. The summed E-state index contributed by atoms with van der Waals surface area (Å²) in [6.07, 6.45) is 1.37. The van der Waals surface area contributed by atoms with E-state index in [0.717, 1.165) is 0 Å². The maximum Gasteiger partial charge on any atom is 0.246 e. The number of aromatic amines is 1. The zero-order valence-corrected chi connectivity index (χ0v) is 11.4. The van der Waals surface area contributed by atoms with E-state index < -0.39 is 10.0 Å². The van der Waals surface area contributed by atoms with Gasteiger partial charge in [-0.3, -0.25) is 5.10 Å². The molecule has 98 valence electrons. The van der Waals surface area contributed by atoms with Gasteiger partial charge in [-0.25, -0.2) is 8.42 Å². The molecule has 1 aromatic rings. The summed E-state index contributed by atoms with van der Waals surface area (Å²) in [5, 5.41) is 9.59. The number of piperazine rings is 1. The lowest BCUT2D eigenvalue weighted by Gasteiger charge is -2.32. The van der Waals surface area contributed by atoms with E-state index in [1.165, 1.54) is 10.5 Å². The molecule has 0 unspecified atom stereocenters. The molecule has 2 heterocycles. The zero-order valence-electron chi connectivity index (χ0n) is 9.80. The second kappa shape index (κ2) is 5.34. The Labute approximate surface area is 107 Å². The van der Waals surface area contributed by atoms with Gasteiger partial charge in [-0.1, -0.05) is 0 Å². The Balaban J connectivity index is 0.00000144. The van der Waals surface area contributed by atoms with Gasteiger partial charge in [0.1, 0.15) is 4.90 Å². The van der Waals surface area contributed by atoms with Gasteiger partial charge in [-0.2, -0.15) is 9.40 Å². The predicted molar refractivity (Wildman–Crippen MR) is 66.8 cm³/mol. The highest BCUT2D eigenvalue weighted by Gasteiger charge is 2.32. The van der Waals surface area contributed by atoms with E-state index >= 15 is 0 Å². The van der Waals surface area contributed by atoms with Crippen LogP contribution in [0.4, 0.5) is 0 Å². The molecule has 1 saturated heterocycles. The second-order valence-electron chi connectivity index (χ2n) is 4.03. The fourth-order valence-corrected chi connectivity index (χ4v) is 3.66. The summed E-state index contributed by atoms with van der Waals surface area (Å²) >= 11 is 0. The van der Waals surface area contributed by atoms with Crippen molar-refractivity contribution < 1.29 is 8.42 Å². The zero-order chi connectivity index (χ0) is 11.8. The van der Waals surface area contributed by atoms with Crippen LogP contribution in [-0.2, 0) is 10.0 Å². The van der Waals surface area contributed by atoms with Gasteiger partial charge in [0.15, 0.2) is 0 Å². The molecule has 1 aromatic heterocycles. The standard InChI is InChI=1S/C9H16N4O2S.ClH/c1-7-5-10-3-4-13(7)16(14,15)9-6-11-12-8(9)2;/h6-7,10H,3-5H2,1-2H3,(H,11,12);1H/t7-;/m1./s1. The number of sulfonamides is 1. The van der Waals surface area contributed by atoms with Crippen molar-refractivity contribution in [3.63, 3.8) is 0 Å². The molecular formula is C9H17ClN4O2S. The van der Waals surface area contributed by atoms with Gasteiger partial charge < -0.3 is 5.32 Å². The number of halogens is 1. The number of aromatic nitrogens is 2. The molecule has 0 aliphatic carbocycles. The molecule has 6 nitrogen and oxygen atoms in total. The molecule has 1 aliphatic rings. The van der Waals surface area contributed by atoms with Crippen LogP contribution in [0, 0.1) is 6.92 Å². The highest BCUT2D eigenvalue weighted by Crippen LogP contribution is 2.20. The van der Waals surface area contributed by atoms with Crippen molar-refractivity contribution in [1.82, 2.24) is 19.8 Å². The molecule has 2 N–H and O–H groups in total. The van der Waals surface area contributed by atoms with Crippen LogP contribution in [-0.4, -0.2) is 48.6 Å². The number of nitrogens with zero attached hydrogens (tertiary/aromatic N) is 2. The molecule has 0 spiro atoms. The minimum atomic E-state index is -3.40. The van der Waals surface area contributed by atoms with E-state index in [4.69, 9.17) is 0 Å². The first-order chi connectivity index (χ1) is 7.53. The lowest BCUT2D eigenvalue weighted by Crippen LogP contribution is -2.52. The van der Waals surface area contributed by atoms with E-state index in [0.29, 0.717) is 25.3 Å². The number of nitrogens with one attached hydrogen (secondary N) is 2. The molecule has 0 bridgehead atoms. The van der Waals surface area contributed by atoms with Crippen molar-refractivity contribution in [1.29, 1.82) is 0 Å². The third-order valence-corrected chi connectivity index (χ3v) is 4.94. The largest absolute Gasteiger partial charge is 0.314 e. The molecular weight excluding hydrogens is 264 g/mol. The minimum Gasteiger partial charge on any atom is -0.314 e. The van der Waals surface area contributed by atoms with Gasteiger partial charge in [-0.15, -0.1) is 12.4 Å². The SMILES string of the molecule is Cc1[nH]ncc1S(=O)(=O)N1CCNC[C@H]1C.Cl. The average Bonchev–Trinajstić information content (AvgIpc) is 2.65. The summed E-state index contributed by atoms with van der Waals surface area (Å²) in [6, 6.07) is -0.0203. The Morgan fingerprint density at radius 3 is 2.76 bits per heavy atom. The van der Waals surface area contributed by atoms with Crippen LogP contribution < -0.4 is 5.32 Å². The van der Waals surface area contributed by atoms with Gasteiger partial charge >= 0.3 is 0 Å². The van der Waals surface area contributed by atoms with Crippen LogP contribution in [0.5, 0.6) is 0 Å². The molecule has 2 rings (SSSR count). The summed E-state index contributed by atoms with van der Waals surface area (Å²) in [5.41, 5.74) is 0.589. The Bertz CT molecular complexity index is 473. The van der Waals surface area contributed by atoms with Crippen molar-refractivity contribution in [2.45, 2.75) is 24.8 Å². The maximum absolute atomic E-state index is 12.3. The highest BCUT2D eigenvalue weighted by atomic mass is 35.5. The van der Waals surface area contributed by atoms with Crippen molar-refractivity contribution in [3.05, 3.63) is 11.9 Å². The van der Waals surface area contributed by atoms with Crippen molar-refractivity contribution >= 4 is 22.4 Å². The number of rotatable bonds is 2. The molecule has 0 radical (unpaired) electrons. The van der Waals surface area contributed by atoms with Crippen LogP contribution in [0.15, 0.2) is 11.1 Å². The van der Waals surface area contributed by atoms with Crippen molar-refractivity contribution in [2.75, 3.05) is 19.6 Å². The number of hydrogen-bond acceptors (Lipinski definition) is 4. The van der Waals surface area contributed by atoms with E-state index in [-0.39, 0.29) is 23.3 Å². The minimum absolute atomic E-state index is 0. The van der Waals surface area contributed by atoms with E-state index in [1.807, 2.05) is 6.92 Å². The summed E-state index contributed by atoms with van der Waals surface area (Å²) in [7, 11) is -3.40. The van der Waals surface area contributed by atoms with Crippen molar-refractivity contribution in [3.8, 4) is 0 Å². The first-order valence-corrected chi connectivity index (χ1v) is 6.70. The maximum atomic E-state index is 12.3. The fourth-order valence-electron chi connectivity index (χ4n) is 1.91. The lowest BCUT2D eigenvalue weighted by atomic mass is 10.3. The third-order valence-electron chi connectivity index (χ3n) is 2.81. The number of H-pyrrole nitrogens is 1. The summed E-state index contributed by atoms with van der Waals surface area (Å²) in [5.74, 6) is 0. The third kappa shape index (κ3) is 2.62. The first-order valence-electron chi connectivity index (χ1n) is 5.26. The first kappa shape index (κ1) is 14.4. The average molecular weight is 281 g/mol. The Morgan fingerprint density at radius 2 is 2.24 bits per heavy atom. The number of aryl methyl sites for hydroxylation is 1. The number of hydrogen-bond donors (Lipinski definition) is 2. The van der Waals surface area contributed by atoms with Crippen LogP contribution in [0.3, 0.4) is 0 Å². The monoisotopic (exact) mass is 280 g/mol. The molecule has 8 heteroatoms. The van der Waals surface area contributed by atoms with Gasteiger partial charge in [0.05, 0.1) is 11.9 Å². The van der Waals surface area contributed by atoms with Gasteiger partial charge in [0.25, 0.3) is 0 Å². The Hall–Kier alpha value is -0.630. The van der Waals surface area contributed by atoms with Crippen LogP contribution in [0.2, 0.25) is 0 Å². The van der Waals surface area contributed by atoms with E-state index in [9.17, 15) is 8.42 Å². The van der Waals surface area contributed by atoms with Gasteiger partial charge in [-0.05, 0) is 13.8 Å². The highest BCUT2D eigenvalue weighted by molar-refractivity contribution is 7.89. The Morgan fingerprint density at radius 1 is 1.53 bits per heavy atom. The molecule has 17 heavy (non-hydrogen) atoms. The van der Waals surface area contributed by atoms with E-state index in [2.05, 4.69) is 15.5 Å². The van der Waals surface area contributed by atoms with Crippen LogP contribution in [0.25, 0.3) is 0 Å². The normalized spacial score (nSPS) is 22.1. The Kier molecular flexibility index (Phi) is 4.54. The molecule has 0 amide bonds.